The molecule has 3 aromatic rings. The van der Waals surface area contributed by atoms with Crippen molar-refractivity contribution in [2.45, 2.75) is 19.8 Å². The summed E-state index contributed by atoms with van der Waals surface area (Å²) in [7, 11) is 0. The van der Waals surface area contributed by atoms with Gasteiger partial charge in [0.2, 0.25) is 0 Å². The molecule has 0 aliphatic rings. The Balaban J connectivity index is 1.81. The predicted molar refractivity (Wildman–Crippen MR) is 81.5 cm³/mol. The molecule has 0 N–H and O–H groups in total. The largest absolute Gasteiger partial charge is 0.303 e. The third-order valence-corrected chi connectivity index (χ3v) is 3.79. The lowest BCUT2D eigenvalue weighted by Gasteiger charge is -2.03. The number of hydrogen-bond donors (Lipinski definition) is 0. The third kappa shape index (κ3) is 2.71. The van der Waals surface area contributed by atoms with Crippen LogP contribution in [-0.2, 0) is 12.8 Å². The number of aromatic nitrogens is 2. The lowest BCUT2D eigenvalue weighted by molar-refractivity contribution is 0.852. The Hall–Kier alpha value is -1.61. The van der Waals surface area contributed by atoms with E-state index in [1.54, 1.807) is 0 Å². The summed E-state index contributed by atoms with van der Waals surface area (Å²) in [5.74, 6) is 1.11. The highest BCUT2D eigenvalue weighted by atomic mass is 79.9. The molecule has 2 heterocycles. The van der Waals surface area contributed by atoms with Gasteiger partial charge >= 0.3 is 0 Å². The minimum absolute atomic E-state index is 0.952. The zero-order valence-corrected chi connectivity index (χ0v) is 12.4. The first-order chi connectivity index (χ1) is 9.22. The zero-order valence-electron chi connectivity index (χ0n) is 10.8. The number of imidazole rings is 1. The maximum atomic E-state index is 4.51. The second-order valence-corrected chi connectivity index (χ2v) is 5.72. The van der Waals surface area contributed by atoms with Gasteiger partial charge in [-0.25, -0.2) is 4.98 Å². The maximum absolute atomic E-state index is 4.51. The monoisotopic (exact) mass is 314 g/mol. The van der Waals surface area contributed by atoms with Crippen molar-refractivity contribution >= 4 is 21.4 Å². The van der Waals surface area contributed by atoms with Crippen molar-refractivity contribution in [3.05, 3.63) is 70.2 Å². The van der Waals surface area contributed by atoms with Gasteiger partial charge < -0.3 is 4.40 Å². The van der Waals surface area contributed by atoms with Crippen LogP contribution in [0.3, 0.4) is 0 Å². The van der Waals surface area contributed by atoms with Gasteiger partial charge in [-0.2, -0.15) is 0 Å². The number of fused-ring (bicyclic) bond motifs is 1. The van der Waals surface area contributed by atoms with E-state index in [9.17, 15) is 0 Å². The fraction of sp³-hybridized carbons (Fsp3) is 0.188. The minimum atomic E-state index is 0.952. The molecule has 0 radical (unpaired) electrons. The van der Waals surface area contributed by atoms with Crippen LogP contribution in [0.15, 0.2) is 53.3 Å². The topological polar surface area (TPSA) is 17.3 Å². The smallest absolute Gasteiger partial charge is 0.113 e. The Morgan fingerprint density at radius 1 is 1.05 bits per heavy atom. The highest BCUT2D eigenvalue weighted by Gasteiger charge is 2.04. The number of benzene rings is 1. The fourth-order valence-corrected chi connectivity index (χ4v) is 2.55. The molecule has 0 spiro atoms. The van der Waals surface area contributed by atoms with Gasteiger partial charge in [0.25, 0.3) is 0 Å². The molecule has 0 saturated carbocycles. The van der Waals surface area contributed by atoms with Gasteiger partial charge in [0.15, 0.2) is 0 Å². The van der Waals surface area contributed by atoms with E-state index in [4.69, 9.17) is 0 Å². The van der Waals surface area contributed by atoms with E-state index in [-0.39, 0.29) is 0 Å². The normalized spacial score (nSPS) is 11.1. The van der Waals surface area contributed by atoms with E-state index in [2.05, 4.69) is 68.8 Å². The van der Waals surface area contributed by atoms with Crippen LogP contribution in [0.1, 0.15) is 17.0 Å². The van der Waals surface area contributed by atoms with Gasteiger partial charge in [0, 0.05) is 17.1 Å². The molecule has 0 bridgehead atoms. The molecule has 0 amide bonds. The van der Waals surface area contributed by atoms with Gasteiger partial charge in [0.05, 0.1) is 11.7 Å². The van der Waals surface area contributed by atoms with Crippen molar-refractivity contribution in [1.82, 2.24) is 9.38 Å². The van der Waals surface area contributed by atoms with Crippen molar-refractivity contribution < 1.29 is 0 Å². The van der Waals surface area contributed by atoms with Crippen LogP contribution < -0.4 is 0 Å². The zero-order chi connectivity index (χ0) is 13.2. The first kappa shape index (κ1) is 12.4. The quantitative estimate of drug-likeness (QED) is 0.708. The molecule has 0 atom stereocenters. The summed E-state index contributed by atoms with van der Waals surface area (Å²) in [5.41, 5.74) is 3.80. The lowest BCUT2D eigenvalue weighted by Crippen LogP contribution is -1.98. The standard InChI is InChI=1S/C16H15BrN2/c1-12-2-4-13(5-3-12)6-9-16-18-10-15-8-7-14(17)11-19(15)16/h2-5,7-8,10-11H,6,9H2,1H3. The molecule has 0 aliphatic carbocycles. The third-order valence-electron chi connectivity index (χ3n) is 3.33. The molecule has 3 heteroatoms. The average molecular weight is 315 g/mol. The number of aryl methyl sites for hydroxylation is 3. The van der Waals surface area contributed by atoms with Crippen LogP contribution >= 0.6 is 15.9 Å². The van der Waals surface area contributed by atoms with Crippen molar-refractivity contribution in [3.63, 3.8) is 0 Å². The van der Waals surface area contributed by atoms with Crippen molar-refractivity contribution in [2.75, 3.05) is 0 Å². The molecule has 0 unspecified atom stereocenters. The van der Waals surface area contributed by atoms with Gasteiger partial charge in [0.1, 0.15) is 5.82 Å². The number of hydrogen-bond acceptors (Lipinski definition) is 1. The van der Waals surface area contributed by atoms with Crippen LogP contribution in [0.2, 0.25) is 0 Å². The Kier molecular flexibility index (Phi) is 3.38. The maximum Gasteiger partial charge on any atom is 0.113 e. The molecule has 0 saturated heterocycles. The summed E-state index contributed by atoms with van der Waals surface area (Å²) in [6.07, 6.45) is 5.98. The first-order valence-electron chi connectivity index (χ1n) is 6.39. The number of halogens is 1. The first-order valence-corrected chi connectivity index (χ1v) is 7.19. The van der Waals surface area contributed by atoms with E-state index in [1.165, 1.54) is 11.1 Å². The summed E-state index contributed by atoms with van der Waals surface area (Å²) in [5, 5.41) is 0. The van der Waals surface area contributed by atoms with Gasteiger partial charge in [-0.15, -0.1) is 0 Å². The molecular weight excluding hydrogens is 300 g/mol. The van der Waals surface area contributed by atoms with Crippen molar-refractivity contribution in [3.8, 4) is 0 Å². The SMILES string of the molecule is Cc1ccc(CCc2ncc3ccc(Br)cn23)cc1. The van der Waals surface area contributed by atoms with Crippen LogP contribution in [0, 0.1) is 6.92 Å². The molecule has 2 nitrogen and oxygen atoms in total. The molecule has 0 aliphatic heterocycles. The number of rotatable bonds is 3. The Morgan fingerprint density at radius 3 is 2.63 bits per heavy atom. The van der Waals surface area contributed by atoms with Crippen LogP contribution in [0.25, 0.3) is 5.52 Å². The molecule has 3 rings (SSSR count). The highest BCUT2D eigenvalue weighted by Crippen LogP contribution is 2.15. The second-order valence-electron chi connectivity index (χ2n) is 4.80. The van der Waals surface area contributed by atoms with Gasteiger partial charge in [-0.05, 0) is 47.0 Å². The average Bonchev–Trinajstić information content (AvgIpc) is 2.80. The number of pyridine rings is 1. The Bertz CT molecular complexity index is 698. The van der Waals surface area contributed by atoms with E-state index in [0.29, 0.717) is 0 Å². The summed E-state index contributed by atoms with van der Waals surface area (Å²) < 4.78 is 3.23. The predicted octanol–water partition coefficient (Wildman–Crippen LogP) is 4.19. The Morgan fingerprint density at radius 2 is 1.84 bits per heavy atom. The van der Waals surface area contributed by atoms with Crippen LogP contribution in [-0.4, -0.2) is 9.38 Å². The molecule has 2 aromatic heterocycles. The van der Waals surface area contributed by atoms with E-state index >= 15 is 0 Å². The lowest BCUT2D eigenvalue weighted by atomic mass is 10.1. The summed E-state index contributed by atoms with van der Waals surface area (Å²) in [6.45, 7) is 2.11. The summed E-state index contributed by atoms with van der Waals surface area (Å²) in [4.78, 5) is 4.51. The summed E-state index contributed by atoms with van der Waals surface area (Å²) in [6, 6.07) is 12.8. The van der Waals surface area contributed by atoms with E-state index in [1.807, 2.05) is 12.3 Å². The summed E-state index contributed by atoms with van der Waals surface area (Å²) >= 11 is 3.51. The second kappa shape index (κ2) is 5.17. The van der Waals surface area contributed by atoms with Gasteiger partial charge in [-0.1, -0.05) is 29.8 Å². The molecule has 96 valence electrons. The minimum Gasteiger partial charge on any atom is -0.303 e. The van der Waals surface area contributed by atoms with Crippen molar-refractivity contribution in [1.29, 1.82) is 0 Å². The van der Waals surface area contributed by atoms with E-state index < -0.39 is 0 Å². The number of nitrogens with zero attached hydrogens (tertiary/aromatic N) is 2. The molecule has 1 aromatic carbocycles. The highest BCUT2D eigenvalue weighted by molar-refractivity contribution is 9.10. The van der Waals surface area contributed by atoms with Crippen LogP contribution in [0.5, 0.6) is 0 Å². The van der Waals surface area contributed by atoms with Crippen molar-refractivity contribution in [2.24, 2.45) is 0 Å². The molecule has 19 heavy (non-hydrogen) atoms. The Labute approximate surface area is 121 Å². The van der Waals surface area contributed by atoms with E-state index in [0.717, 1.165) is 28.7 Å². The molecule has 0 fully saturated rings. The van der Waals surface area contributed by atoms with Crippen LogP contribution in [0.4, 0.5) is 0 Å². The fourth-order valence-electron chi connectivity index (χ4n) is 2.21. The molecular formula is C16H15BrN2. The van der Waals surface area contributed by atoms with Gasteiger partial charge in [-0.3, -0.25) is 0 Å².